The molecule has 0 aliphatic heterocycles. The molecule has 11 nitrogen and oxygen atoms in total. The third kappa shape index (κ3) is 3.20. The number of benzene rings is 1. The van der Waals surface area contributed by atoms with Crippen molar-refractivity contribution in [2.75, 3.05) is 5.32 Å². The van der Waals surface area contributed by atoms with E-state index >= 15 is 0 Å². The number of aromatic nitrogens is 2. The molecule has 0 fully saturated rings. The number of nitrogens with zero attached hydrogens (tertiary/aromatic N) is 4. The molecule has 0 atom stereocenters. The molecule has 0 bridgehead atoms. The minimum atomic E-state index is -1.03. The Morgan fingerprint density at radius 1 is 1.42 bits per heavy atom. The van der Waals surface area contributed by atoms with Crippen LogP contribution >= 0.6 is 11.5 Å². The van der Waals surface area contributed by atoms with E-state index in [1.165, 1.54) is 6.07 Å². The quantitative estimate of drug-likeness (QED) is 0.158. The standard InChI is InChI=1S/C12H7N5O6S/c13-3-6(11(21)16-12-14-4-15-24-12)9(19)5-1-7(17(22)23)10(20)8(18)2-5/h1-2,4,18-20H,(H,14,15,16,21)/b9-6-. The summed E-state index contributed by atoms with van der Waals surface area (Å²) in [6.45, 7) is 0. The maximum Gasteiger partial charge on any atom is 0.315 e. The van der Waals surface area contributed by atoms with Crippen LogP contribution < -0.4 is 5.32 Å². The largest absolute Gasteiger partial charge is 0.506 e. The van der Waals surface area contributed by atoms with Gasteiger partial charge in [0.2, 0.25) is 10.9 Å². The topological polar surface area (TPSA) is 182 Å². The number of nitro benzene ring substituents is 1. The predicted octanol–water partition coefficient (Wildman–Crippen LogP) is 1.29. The van der Waals surface area contributed by atoms with Gasteiger partial charge < -0.3 is 15.3 Å². The van der Waals surface area contributed by atoms with Crippen molar-refractivity contribution in [3.8, 4) is 17.6 Å². The molecule has 2 rings (SSSR count). The number of aliphatic hydroxyl groups excluding tert-OH is 1. The van der Waals surface area contributed by atoms with Gasteiger partial charge in [-0.3, -0.25) is 20.2 Å². The first-order chi connectivity index (χ1) is 11.3. The van der Waals surface area contributed by atoms with Gasteiger partial charge in [-0.1, -0.05) is 0 Å². The molecule has 12 heteroatoms. The first-order valence-electron chi connectivity index (χ1n) is 5.97. The SMILES string of the molecule is N#C/C(C(=O)Nc1ncns1)=C(/O)c1cc(O)c(O)c([N+](=O)[O-])c1. The summed E-state index contributed by atoms with van der Waals surface area (Å²) in [6, 6.07) is 2.93. The molecule has 0 saturated heterocycles. The molecule has 122 valence electrons. The third-order valence-corrected chi connectivity index (χ3v) is 3.28. The molecule has 1 aromatic carbocycles. The van der Waals surface area contributed by atoms with E-state index in [-0.39, 0.29) is 5.13 Å². The van der Waals surface area contributed by atoms with Crippen molar-refractivity contribution < 1.29 is 25.0 Å². The lowest BCUT2D eigenvalue weighted by molar-refractivity contribution is -0.386. The second-order valence-corrected chi connectivity index (χ2v) is 4.94. The number of carbonyl (C=O) groups is 1. The lowest BCUT2D eigenvalue weighted by Crippen LogP contribution is -2.15. The molecule has 0 aliphatic carbocycles. The molecule has 2 aromatic rings. The Balaban J connectivity index is 2.48. The van der Waals surface area contributed by atoms with Crippen LogP contribution in [0.1, 0.15) is 5.56 Å². The van der Waals surface area contributed by atoms with Crippen LogP contribution in [0.15, 0.2) is 24.0 Å². The molecule has 1 heterocycles. The molecule has 0 unspecified atom stereocenters. The number of nitro groups is 1. The summed E-state index contributed by atoms with van der Waals surface area (Å²) < 4.78 is 3.63. The van der Waals surface area contributed by atoms with E-state index < -0.39 is 44.9 Å². The van der Waals surface area contributed by atoms with E-state index in [1.807, 2.05) is 0 Å². The Kier molecular flexibility index (Phi) is 4.57. The Bertz CT molecular complexity index is 886. The molecular weight excluding hydrogens is 342 g/mol. The Hall–Kier alpha value is -3.72. The van der Waals surface area contributed by atoms with Crippen LogP contribution in [-0.2, 0) is 4.79 Å². The number of hydrogen-bond acceptors (Lipinski definition) is 10. The fourth-order valence-electron chi connectivity index (χ4n) is 1.62. The summed E-state index contributed by atoms with van der Waals surface area (Å²) in [5.74, 6) is -3.85. The van der Waals surface area contributed by atoms with Crippen LogP contribution in [0.3, 0.4) is 0 Å². The average molecular weight is 349 g/mol. The van der Waals surface area contributed by atoms with Crippen LogP contribution in [0.4, 0.5) is 10.8 Å². The van der Waals surface area contributed by atoms with Crippen molar-refractivity contribution >= 4 is 34.0 Å². The molecule has 24 heavy (non-hydrogen) atoms. The summed E-state index contributed by atoms with van der Waals surface area (Å²) in [6.07, 6.45) is 1.16. The highest BCUT2D eigenvalue weighted by molar-refractivity contribution is 7.09. The van der Waals surface area contributed by atoms with Crippen molar-refractivity contribution in [1.82, 2.24) is 9.36 Å². The van der Waals surface area contributed by atoms with Gasteiger partial charge in [0.05, 0.1) is 4.92 Å². The normalized spacial score (nSPS) is 11.3. The zero-order chi connectivity index (χ0) is 17.9. The fourth-order valence-corrected chi connectivity index (χ4v) is 2.05. The van der Waals surface area contributed by atoms with Crippen molar-refractivity contribution in [2.45, 2.75) is 0 Å². The van der Waals surface area contributed by atoms with E-state index in [0.29, 0.717) is 6.07 Å². The van der Waals surface area contributed by atoms with Gasteiger partial charge in [0.15, 0.2) is 11.3 Å². The van der Waals surface area contributed by atoms with Crippen molar-refractivity contribution in [1.29, 1.82) is 5.26 Å². The summed E-state index contributed by atoms with van der Waals surface area (Å²) in [5.41, 5.74) is -2.08. The van der Waals surface area contributed by atoms with E-state index in [9.17, 15) is 30.2 Å². The molecular formula is C12H7N5O6S. The Morgan fingerprint density at radius 3 is 2.67 bits per heavy atom. The number of amides is 1. The zero-order valence-corrected chi connectivity index (χ0v) is 12.3. The summed E-state index contributed by atoms with van der Waals surface area (Å²) in [7, 11) is 0. The van der Waals surface area contributed by atoms with Crippen molar-refractivity contribution in [3.63, 3.8) is 0 Å². The Labute approximate surface area is 137 Å². The highest BCUT2D eigenvalue weighted by atomic mass is 32.1. The maximum absolute atomic E-state index is 12.0. The van der Waals surface area contributed by atoms with E-state index in [2.05, 4.69) is 14.7 Å². The van der Waals surface area contributed by atoms with Crippen LogP contribution in [0.25, 0.3) is 5.76 Å². The van der Waals surface area contributed by atoms with Gasteiger partial charge in [0.25, 0.3) is 5.91 Å². The number of anilines is 1. The number of aliphatic hydroxyl groups is 1. The first kappa shape index (κ1) is 16.6. The number of nitrogens with one attached hydrogen (secondary N) is 1. The summed E-state index contributed by atoms with van der Waals surface area (Å²) in [5, 5.41) is 51.1. The van der Waals surface area contributed by atoms with Gasteiger partial charge in [0.1, 0.15) is 18.2 Å². The number of phenols is 2. The molecule has 4 N–H and O–H groups in total. The average Bonchev–Trinajstić information content (AvgIpc) is 3.02. The van der Waals surface area contributed by atoms with Crippen LogP contribution in [0.5, 0.6) is 11.5 Å². The number of hydrogen-bond donors (Lipinski definition) is 4. The molecule has 0 spiro atoms. The minimum Gasteiger partial charge on any atom is -0.506 e. The molecule has 0 radical (unpaired) electrons. The highest BCUT2D eigenvalue weighted by Crippen LogP contribution is 2.38. The van der Waals surface area contributed by atoms with Crippen molar-refractivity contribution in [2.24, 2.45) is 0 Å². The first-order valence-corrected chi connectivity index (χ1v) is 6.74. The fraction of sp³-hybridized carbons (Fsp3) is 0. The minimum absolute atomic E-state index is 0.0695. The number of carbonyl (C=O) groups excluding carboxylic acids is 1. The van der Waals surface area contributed by atoms with Crippen LogP contribution in [0, 0.1) is 21.4 Å². The van der Waals surface area contributed by atoms with Gasteiger partial charge >= 0.3 is 5.69 Å². The van der Waals surface area contributed by atoms with Crippen LogP contribution in [0.2, 0.25) is 0 Å². The predicted molar refractivity (Wildman–Crippen MR) is 80.1 cm³/mol. The lowest BCUT2D eigenvalue weighted by atomic mass is 10.1. The van der Waals surface area contributed by atoms with E-state index in [1.54, 1.807) is 0 Å². The van der Waals surface area contributed by atoms with E-state index in [4.69, 9.17) is 5.26 Å². The third-order valence-electron chi connectivity index (χ3n) is 2.70. The zero-order valence-electron chi connectivity index (χ0n) is 11.5. The summed E-state index contributed by atoms with van der Waals surface area (Å²) >= 11 is 0.828. The second kappa shape index (κ2) is 6.58. The van der Waals surface area contributed by atoms with Gasteiger partial charge in [-0.2, -0.15) is 9.64 Å². The molecule has 1 amide bonds. The number of nitriles is 1. The van der Waals surface area contributed by atoms with Gasteiger partial charge in [-0.05, 0) is 6.07 Å². The number of rotatable bonds is 4. The number of phenolic OH excluding ortho intramolecular Hbond substituents is 2. The maximum atomic E-state index is 12.0. The molecule has 1 aromatic heterocycles. The summed E-state index contributed by atoms with van der Waals surface area (Å²) in [4.78, 5) is 25.4. The van der Waals surface area contributed by atoms with Crippen molar-refractivity contribution in [3.05, 3.63) is 39.7 Å². The van der Waals surface area contributed by atoms with Gasteiger partial charge in [-0.25, -0.2) is 4.98 Å². The van der Waals surface area contributed by atoms with Crippen LogP contribution in [-0.4, -0.2) is 35.5 Å². The smallest absolute Gasteiger partial charge is 0.315 e. The lowest BCUT2D eigenvalue weighted by Gasteiger charge is -2.06. The Morgan fingerprint density at radius 2 is 2.12 bits per heavy atom. The monoisotopic (exact) mass is 349 g/mol. The van der Waals surface area contributed by atoms with E-state index in [0.717, 1.165) is 23.9 Å². The molecule has 0 saturated carbocycles. The highest BCUT2D eigenvalue weighted by Gasteiger charge is 2.24. The number of aromatic hydroxyl groups is 2. The van der Waals surface area contributed by atoms with Gasteiger partial charge in [0, 0.05) is 23.2 Å². The van der Waals surface area contributed by atoms with Gasteiger partial charge in [-0.15, -0.1) is 0 Å². The second-order valence-electron chi connectivity index (χ2n) is 4.16. The molecule has 0 aliphatic rings.